The van der Waals surface area contributed by atoms with Crippen LogP contribution in [0.1, 0.15) is 36.9 Å². The van der Waals surface area contributed by atoms with Crippen LogP contribution in [0.25, 0.3) is 0 Å². The third-order valence-electron chi connectivity index (χ3n) is 2.93. The van der Waals surface area contributed by atoms with Crippen molar-refractivity contribution in [3.63, 3.8) is 0 Å². The van der Waals surface area contributed by atoms with Crippen LogP contribution in [0.5, 0.6) is 0 Å². The summed E-state index contributed by atoms with van der Waals surface area (Å²) >= 11 is 1.68. The van der Waals surface area contributed by atoms with Crippen molar-refractivity contribution in [1.82, 2.24) is 14.8 Å². The van der Waals surface area contributed by atoms with Crippen LogP contribution in [0.3, 0.4) is 0 Å². The zero-order valence-electron chi connectivity index (χ0n) is 11.3. The Bertz CT molecular complexity index is 513. The van der Waals surface area contributed by atoms with Gasteiger partial charge >= 0.3 is 0 Å². The molecule has 0 fully saturated rings. The van der Waals surface area contributed by atoms with Crippen molar-refractivity contribution >= 4 is 11.8 Å². The van der Waals surface area contributed by atoms with Gasteiger partial charge in [0, 0.05) is 11.8 Å². The zero-order chi connectivity index (χ0) is 13.7. The minimum absolute atomic E-state index is 0.0622. The number of hydrogen-bond acceptors (Lipinski definition) is 4. The molecule has 4 nitrogen and oxygen atoms in total. The topological polar surface area (TPSA) is 50.9 Å². The first kappa shape index (κ1) is 14.1. The summed E-state index contributed by atoms with van der Waals surface area (Å²) in [6.45, 7) is 5.04. The zero-order valence-corrected chi connectivity index (χ0v) is 12.1. The number of thioether (sulfide) groups is 1. The molecule has 19 heavy (non-hydrogen) atoms. The second kappa shape index (κ2) is 6.73. The van der Waals surface area contributed by atoms with Gasteiger partial charge in [-0.1, -0.05) is 49.0 Å². The summed E-state index contributed by atoms with van der Waals surface area (Å²) in [5.41, 5.74) is 1.27. The van der Waals surface area contributed by atoms with E-state index in [0.717, 1.165) is 18.1 Å². The fourth-order valence-corrected chi connectivity index (χ4v) is 2.94. The number of benzene rings is 1. The monoisotopic (exact) mass is 277 g/mol. The second-order valence-electron chi connectivity index (χ2n) is 4.38. The first-order chi connectivity index (χ1) is 9.26. The van der Waals surface area contributed by atoms with E-state index in [1.807, 2.05) is 22.8 Å². The predicted octanol–water partition coefficient (Wildman–Crippen LogP) is 3.03. The molecule has 5 heteroatoms. The van der Waals surface area contributed by atoms with Gasteiger partial charge in [-0.3, -0.25) is 0 Å². The third-order valence-corrected chi connectivity index (χ3v) is 4.07. The van der Waals surface area contributed by atoms with Gasteiger partial charge in [-0.15, -0.1) is 10.2 Å². The number of hydrogen-bond donors (Lipinski definition) is 1. The van der Waals surface area contributed by atoms with E-state index >= 15 is 0 Å². The Labute approximate surface area is 117 Å². The lowest BCUT2D eigenvalue weighted by Gasteiger charge is -2.12. The molecule has 2 aromatic rings. The van der Waals surface area contributed by atoms with Crippen LogP contribution >= 0.6 is 11.8 Å². The standard InChI is InChI=1S/C14H19N3OS/c1-3-9-17-13(10-18)15-16-14(17)19-11(2)12-7-5-4-6-8-12/h4-8,11,18H,3,9-10H2,1-2H3. The number of nitrogens with zero attached hydrogens (tertiary/aromatic N) is 3. The van der Waals surface area contributed by atoms with E-state index in [4.69, 9.17) is 0 Å². The van der Waals surface area contributed by atoms with Gasteiger partial charge in [-0.25, -0.2) is 0 Å². The van der Waals surface area contributed by atoms with E-state index in [0.29, 0.717) is 11.1 Å². The molecule has 1 atom stereocenters. The van der Waals surface area contributed by atoms with E-state index in [1.54, 1.807) is 11.8 Å². The molecule has 0 spiro atoms. The van der Waals surface area contributed by atoms with Gasteiger partial charge in [-0.05, 0) is 18.9 Å². The van der Waals surface area contributed by atoms with Gasteiger partial charge in [0.05, 0.1) is 0 Å². The molecule has 0 aliphatic rings. The second-order valence-corrected chi connectivity index (χ2v) is 5.69. The lowest BCUT2D eigenvalue weighted by molar-refractivity contribution is 0.263. The number of aromatic nitrogens is 3. The SMILES string of the molecule is CCCn1c(CO)nnc1SC(C)c1ccccc1. The Balaban J connectivity index is 2.17. The van der Waals surface area contributed by atoms with Crippen LogP contribution in [0, 0.1) is 0 Å². The van der Waals surface area contributed by atoms with Gasteiger partial charge in [-0.2, -0.15) is 0 Å². The minimum Gasteiger partial charge on any atom is -0.388 e. The molecule has 0 saturated carbocycles. The maximum Gasteiger partial charge on any atom is 0.191 e. The van der Waals surface area contributed by atoms with Crippen molar-refractivity contribution in [3.05, 3.63) is 41.7 Å². The van der Waals surface area contributed by atoms with Crippen LogP contribution in [0.2, 0.25) is 0 Å². The van der Waals surface area contributed by atoms with E-state index < -0.39 is 0 Å². The molecular formula is C14H19N3OS. The van der Waals surface area contributed by atoms with E-state index in [-0.39, 0.29) is 6.61 Å². The average Bonchev–Trinajstić information content (AvgIpc) is 2.82. The van der Waals surface area contributed by atoms with Crippen molar-refractivity contribution in [2.24, 2.45) is 0 Å². The highest BCUT2D eigenvalue weighted by molar-refractivity contribution is 7.99. The molecule has 1 N–H and O–H groups in total. The molecule has 0 aliphatic heterocycles. The summed E-state index contributed by atoms with van der Waals surface area (Å²) in [6.07, 6.45) is 0.998. The highest BCUT2D eigenvalue weighted by atomic mass is 32.2. The largest absolute Gasteiger partial charge is 0.388 e. The average molecular weight is 277 g/mol. The number of rotatable bonds is 6. The first-order valence-corrected chi connectivity index (χ1v) is 7.38. The molecule has 1 aromatic heterocycles. The lowest BCUT2D eigenvalue weighted by Crippen LogP contribution is -2.05. The molecule has 1 unspecified atom stereocenters. The van der Waals surface area contributed by atoms with Crippen LogP contribution in [-0.2, 0) is 13.2 Å². The van der Waals surface area contributed by atoms with E-state index in [9.17, 15) is 5.11 Å². The Kier molecular flexibility index (Phi) is 4.99. The fourth-order valence-electron chi connectivity index (χ4n) is 1.92. The Hall–Kier alpha value is -1.33. The number of aliphatic hydroxyl groups excluding tert-OH is 1. The number of aliphatic hydroxyl groups is 1. The third kappa shape index (κ3) is 3.36. The molecular weight excluding hydrogens is 258 g/mol. The van der Waals surface area contributed by atoms with Crippen LogP contribution in [0.4, 0.5) is 0 Å². The van der Waals surface area contributed by atoms with Gasteiger partial charge in [0.2, 0.25) is 0 Å². The molecule has 0 saturated heterocycles. The summed E-state index contributed by atoms with van der Waals surface area (Å²) < 4.78 is 2.00. The maximum atomic E-state index is 9.28. The van der Waals surface area contributed by atoms with E-state index in [1.165, 1.54) is 5.56 Å². The summed E-state index contributed by atoms with van der Waals surface area (Å²) in [5, 5.41) is 18.7. The van der Waals surface area contributed by atoms with Crippen LogP contribution in [-0.4, -0.2) is 19.9 Å². The smallest absolute Gasteiger partial charge is 0.191 e. The fraction of sp³-hybridized carbons (Fsp3) is 0.429. The van der Waals surface area contributed by atoms with Gasteiger partial charge < -0.3 is 9.67 Å². The highest BCUT2D eigenvalue weighted by Gasteiger charge is 2.15. The molecule has 0 amide bonds. The molecule has 2 rings (SSSR count). The summed E-state index contributed by atoms with van der Waals surface area (Å²) in [7, 11) is 0. The van der Waals surface area contributed by atoms with Gasteiger partial charge in [0.1, 0.15) is 6.61 Å². The maximum absolute atomic E-state index is 9.28. The van der Waals surface area contributed by atoms with E-state index in [2.05, 4.69) is 36.2 Å². The first-order valence-electron chi connectivity index (χ1n) is 6.50. The van der Waals surface area contributed by atoms with Gasteiger partial charge in [0.25, 0.3) is 0 Å². The molecule has 1 aromatic carbocycles. The van der Waals surface area contributed by atoms with Crippen molar-refractivity contribution in [2.45, 2.75) is 43.8 Å². The predicted molar refractivity (Wildman–Crippen MR) is 76.9 cm³/mol. The van der Waals surface area contributed by atoms with Crippen LogP contribution in [0.15, 0.2) is 35.5 Å². The quantitative estimate of drug-likeness (QED) is 0.825. The molecule has 0 aliphatic carbocycles. The summed E-state index contributed by atoms with van der Waals surface area (Å²) in [5.74, 6) is 0.643. The summed E-state index contributed by atoms with van der Waals surface area (Å²) in [6, 6.07) is 10.3. The molecule has 0 bridgehead atoms. The van der Waals surface area contributed by atoms with Crippen LogP contribution < -0.4 is 0 Å². The van der Waals surface area contributed by atoms with Crippen molar-refractivity contribution in [1.29, 1.82) is 0 Å². The Morgan fingerprint density at radius 1 is 1.26 bits per heavy atom. The Morgan fingerprint density at radius 2 is 2.00 bits per heavy atom. The lowest BCUT2D eigenvalue weighted by atomic mass is 10.2. The summed E-state index contributed by atoms with van der Waals surface area (Å²) in [4.78, 5) is 0. The molecule has 0 radical (unpaired) electrons. The van der Waals surface area contributed by atoms with Crippen molar-refractivity contribution in [3.8, 4) is 0 Å². The van der Waals surface area contributed by atoms with Gasteiger partial charge in [0.15, 0.2) is 11.0 Å². The highest BCUT2D eigenvalue weighted by Crippen LogP contribution is 2.33. The normalized spacial score (nSPS) is 12.6. The minimum atomic E-state index is -0.0622. The molecule has 102 valence electrons. The van der Waals surface area contributed by atoms with Crippen molar-refractivity contribution in [2.75, 3.05) is 0 Å². The van der Waals surface area contributed by atoms with Crippen molar-refractivity contribution < 1.29 is 5.11 Å². The molecule has 1 heterocycles. The Morgan fingerprint density at radius 3 is 2.63 bits per heavy atom.